The third kappa shape index (κ3) is 5.21. The molecule has 2 aliphatic rings. The number of pyridine rings is 1. The molecule has 1 aliphatic heterocycles. The highest BCUT2D eigenvalue weighted by Gasteiger charge is 2.31. The Labute approximate surface area is 164 Å². The van der Waals surface area contributed by atoms with Crippen LogP contribution in [0.4, 0.5) is 10.6 Å². The van der Waals surface area contributed by atoms with E-state index >= 15 is 0 Å². The first kappa shape index (κ1) is 20.1. The van der Waals surface area contributed by atoms with E-state index in [9.17, 15) is 14.4 Å². The molecule has 1 unspecified atom stereocenters. The van der Waals surface area contributed by atoms with E-state index in [-0.39, 0.29) is 29.8 Å². The van der Waals surface area contributed by atoms with Crippen LogP contribution in [0.1, 0.15) is 44.2 Å². The van der Waals surface area contributed by atoms with Crippen LogP contribution >= 0.6 is 0 Å². The molecule has 152 valence electrons. The number of anilines is 1. The second-order valence-corrected chi connectivity index (χ2v) is 7.77. The van der Waals surface area contributed by atoms with Gasteiger partial charge in [0.2, 0.25) is 5.91 Å². The number of aromatic nitrogens is 1. The number of hydrogen-bond donors (Lipinski definition) is 3. The van der Waals surface area contributed by atoms with Gasteiger partial charge < -0.3 is 20.6 Å². The van der Waals surface area contributed by atoms with Gasteiger partial charge in [0, 0.05) is 24.8 Å². The predicted molar refractivity (Wildman–Crippen MR) is 104 cm³/mol. The maximum atomic E-state index is 12.6. The molecule has 8 heteroatoms. The summed E-state index contributed by atoms with van der Waals surface area (Å²) in [5.74, 6) is -0.895. The summed E-state index contributed by atoms with van der Waals surface area (Å²) in [6.45, 7) is 2.88. The van der Waals surface area contributed by atoms with Crippen molar-refractivity contribution in [1.82, 2.24) is 15.2 Å². The first-order chi connectivity index (χ1) is 13.4. The Kier molecular flexibility index (Phi) is 6.49. The van der Waals surface area contributed by atoms with E-state index in [0.29, 0.717) is 44.6 Å². The van der Waals surface area contributed by atoms with E-state index in [4.69, 9.17) is 5.11 Å². The van der Waals surface area contributed by atoms with Crippen LogP contribution in [0, 0.1) is 18.8 Å². The minimum absolute atomic E-state index is 0.00815. The summed E-state index contributed by atoms with van der Waals surface area (Å²) in [6.07, 6.45) is 4.06. The zero-order chi connectivity index (χ0) is 20.1. The second kappa shape index (κ2) is 9.03. The molecular weight excluding hydrogens is 360 g/mol. The molecule has 0 bridgehead atoms. The molecule has 2 fully saturated rings. The molecule has 0 radical (unpaired) electrons. The van der Waals surface area contributed by atoms with Gasteiger partial charge in [-0.15, -0.1) is 0 Å². The Morgan fingerprint density at radius 2 is 1.86 bits per heavy atom. The summed E-state index contributed by atoms with van der Waals surface area (Å²) < 4.78 is 0. The van der Waals surface area contributed by atoms with Crippen LogP contribution in [0.3, 0.4) is 0 Å². The Hall–Kier alpha value is -2.64. The quantitative estimate of drug-likeness (QED) is 0.733. The number of urea groups is 1. The third-order valence-electron chi connectivity index (χ3n) is 5.62. The molecule has 3 rings (SSSR count). The van der Waals surface area contributed by atoms with E-state index in [1.165, 1.54) is 0 Å². The van der Waals surface area contributed by atoms with Gasteiger partial charge in [-0.05, 0) is 57.6 Å². The SMILES string of the molecule is Cc1cccc(NC(=O)C2CCCN(C(=O)NC3CCC(C(=O)O)CC3)C2)n1. The normalized spacial score (nSPS) is 25.0. The van der Waals surface area contributed by atoms with Crippen LogP contribution in [0.25, 0.3) is 0 Å². The van der Waals surface area contributed by atoms with Gasteiger partial charge in [-0.3, -0.25) is 9.59 Å². The number of carboxylic acids is 1. The van der Waals surface area contributed by atoms with Gasteiger partial charge in [0.05, 0.1) is 11.8 Å². The average Bonchev–Trinajstić information content (AvgIpc) is 2.68. The van der Waals surface area contributed by atoms with Crippen molar-refractivity contribution in [3.63, 3.8) is 0 Å². The summed E-state index contributed by atoms with van der Waals surface area (Å²) in [4.78, 5) is 42.2. The number of piperidine rings is 1. The number of aliphatic carboxylic acids is 1. The van der Waals surface area contributed by atoms with Crippen LogP contribution < -0.4 is 10.6 Å². The first-order valence-corrected chi connectivity index (χ1v) is 9.95. The van der Waals surface area contributed by atoms with Crippen molar-refractivity contribution < 1.29 is 19.5 Å². The number of likely N-dealkylation sites (tertiary alicyclic amines) is 1. The highest BCUT2D eigenvalue weighted by Crippen LogP contribution is 2.25. The standard InChI is InChI=1S/C20H28N4O4/c1-13-4-2-6-17(21-13)23-18(25)15-5-3-11-24(12-15)20(28)22-16-9-7-14(8-10-16)19(26)27/h2,4,6,14-16H,3,5,7-12H2,1H3,(H,22,28)(H,26,27)(H,21,23,25). The lowest BCUT2D eigenvalue weighted by atomic mass is 9.86. The number of aryl methyl sites for hydroxylation is 1. The minimum Gasteiger partial charge on any atom is -0.481 e. The summed E-state index contributed by atoms with van der Waals surface area (Å²) in [5, 5.41) is 14.9. The number of hydrogen-bond acceptors (Lipinski definition) is 4. The van der Waals surface area contributed by atoms with Gasteiger partial charge in [0.1, 0.15) is 5.82 Å². The Bertz CT molecular complexity index is 731. The fourth-order valence-electron chi connectivity index (χ4n) is 3.97. The molecule has 1 aliphatic carbocycles. The van der Waals surface area contributed by atoms with E-state index in [0.717, 1.165) is 18.5 Å². The summed E-state index contributed by atoms with van der Waals surface area (Å²) in [5.41, 5.74) is 0.833. The lowest BCUT2D eigenvalue weighted by Gasteiger charge is -2.34. The second-order valence-electron chi connectivity index (χ2n) is 7.77. The fourth-order valence-corrected chi connectivity index (χ4v) is 3.97. The van der Waals surface area contributed by atoms with Crippen molar-refractivity contribution in [3.05, 3.63) is 23.9 Å². The minimum atomic E-state index is -0.752. The molecule has 28 heavy (non-hydrogen) atoms. The monoisotopic (exact) mass is 388 g/mol. The van der Waals surface area contributed by atoms with Gasteiger partial charge in [-0.2, -0.15) is 0 Å². The van der Waals surface area contributed by atoms with Crippen LogP contribution in [0.5, 0.6) is 0 Å². The van der Waals surface area contributed by atoms with Crippen LogP contribution in [-0.2, 0) is 9.59 Å². The highest BCUT2D eigenvalue weighted by molar-refractivity contribution is 5.92. The van der Waals surface area contributed by atoms with Crippen LogP contribution in [-0.4, -0.2) is 52.0 Å². The molecule has 1 saturated carbocycles. The smallest absolute Gasteiger partial charge is 0.317 e. The first-order valence-electron chi connectivity index (χ1n) is 9.95. The van der Waals surface area contributed by atoms with E-state index in [2.05, 4.69) is 15.6 Å². The van der Waals surface area contributed by atoms with Crippen LogP contribution in [0.2, 0.25) is 0 Å². The molecule has 1 aromatic rings. The van der Waals surface area contributed by atoms with E-state index < -0.39 is 5.97 Å². The van der Waals surface area contributed by atoms with Gasteiger partial charge in [0.25, 0.3) is 0 Å². The lowest BCUT2D eigenvalue weighted by Crippen LogP contribution is -2.51. The van der Waals surface area contributed by atoms with Crippen molar-refractivity contribution in [2.24, 2.45) is 11.8 Å². The highest BCUT2D eigenvalue weighted by atomic mass is 16.4. The van der Waals surface area contributed by atoms with Crippen LogP contribution in [0.15, 0.2) is 18.2 Å². The largest absolute Gasteiger partial charge is 0.481 e. The number of carbonyl (C=O) groups excluding carboxylic acids is 2. The number of nitrogens with one attached hydrogen (secondary N) is 2. The average molecular weight is 388 g/mol. The zero-order valence-electron chi connectivity index (χ0n) is 16.2. The van der Waals surface area contributed by atoms with Gasteiger partial charge in [-0.25, -0.2) is 9.78 Å². The number of rotatable bonds is 4. The number of carbonyl (C=O) groups is 3. The molecule has 3 amide bonds. The number of amides is 3. The summed E-state index contributed by atoms with van der Waals surface area (Å²) >= 11 is 0. The Morgan fingerprint density at radius 1 is 1.11 bits per heavy atom. The predicted octanol–water partition coefficient (Wildman–Crippen LogP) is 2.39. The molecule has 1 saturated heterocycles. The topological polar surface area (TPSA) is 112 Å². The zero-order valence-corrected chi connectivity index (χ0v) is 16.2. The van der Waals surface area contributed by atoms with E-state index in [1.54, 1.807) is 11.0 Å². The molecule has 1 aromatic heterocycles. The van der Waals surface area contributed by atoms with Crippen molar-refractivity contribution in [2.75, 3.05) is 18.4 Å². The molecule has 3 N–H and O–H groups in total. The van der Waals surface area contributed by atoms with Gasteiger partial charge >= 0.3 is 12.0 Å². The Balaban J connectivity index is 1.49. The van der Waals surface area contributed by atoms with Crippen molar-refractivity contribution in [1.29, 1.82) is 0 Å². The maximum Gasteiger partial charge on any atom is 0.317 e. The number of nitrogens with zero attached hydrogens (tertiary/aromatic N) is 2. The fraction of sp³-hybridized carbons (Fsp3) is 0.600. The van der Waals surface area contributed by atoms with E-state index in [1.807, 2.05) is 19.1 Å². The Morgan fingerprint density at radius 3 is 2.54 bits per heavy atom. The van der Waals surface area contributed by atoms with Crippen molar-refractivity contribution in [2.45, 2.75) is 51.5 Å². The van der Waals surface area contributed by atoms with Gasteiger partial charge in [0.15, 0.2) is 0 Å². The lowest BCUT2D eigenvalue weighted by molar-refractivity contribution is -0.142. The molecular formula is C20H28N4O4. The maximum absolute atomic E-state index is 12.6. The molecule has 1 atom stereocenters. The van der Waals surface area contributed by atoms with Crippen molar-refractivity contribution >= 4 is 23.7 Å². The summed E-state index contributed by atoms with van der Waals surface area (Å²) in [7, 11) is 0. The van der Waals surface area contributed by atoms with Crippen molar-refractivity contribution in [3.8, 4) is 0 Å². The molecule has 0 spiro atoms. The van der Waals surface area contributed by atoms with Gasteiger partial charge in [-0.1, -0.05) is 6.07 Å². The third-order valence-corrected chi connectivity index (χ3v) is 5.62. The molecule has 8 nitrogen and oxygen atoms in total. The molecule has 2 heterocycles. The number of carboxylic acid groups (broad SMARTS) is 1. The molecule has 0 aromatic carbocycles. The summed E-state index contributed by atoms with van der Waals surface area (Å²) in [6, 6.07) is 5.31.